The first kappa shape index (κ1) is 9.46. The second-order valence-corrected chi connectivity index (χ2v) is 4.92. The molecule has 0 saturated carbocycles. The largest absolute Gasteiger partial charge is 0.479 e. The maximum absolute atomic E-state index is 5.65. The minimum absolute atomic E-state index is 0.0401. The molecule has 1 unspecified atom stereocenters. The highest BCUT2D eigenvalue weighted by molar-refractivity contribution is 5.78. The Morgan fingerprint density at radius 1 is 1.47 bits per heavy atom. The van der Waals surface area contributed by atoms with Gasteiger partial charge in [-0.25, -0.2) is 0 Å². The number of ether oxygens (including phenoxy) is 1. The highest BCUT2D eigenvalue weighted by Crippen LogP contribution is 2.41. The molecule has 0 radical (unpaired) electrons. The third kappa shape index (κ3) is 1.61. The molecule has 84 valence electrons. The number of rotatable bonds is 1. The first-order valence-corrected chi connectivity index (χ1v) is 5.93. The topological polar surface area (TPSA) is 42.9 Å². The molecule has 4 heteroatoms. The van der Waals surface area contributed by atoms with Gasteiger partial charge in [0.1, 0.15) is 5.60 Å². The highest BCUT2D eigenvalue weighted by atomic mass is 16.7. The third-order valence-electron chi connectivity index (χ3n) is 3.70. The molecular formula is C11H18N2O2. The van der Waals surface area contributed by atoms with Crippen LogP contribution in [0.1, 0.15) is 39.0 Å². The van der Waals surface area contributed by atoms with Crippen molar-refractivity contribution in [3.05, 3.63) is 0 Å². The Morgan fingerprint density at radius 2 is 2.20 bits per heavy atom. The normalized spacial score (nSPS) is 42.9. The van der Waals surface area contributed by atoms with Crippen molar-refractivity contribution in [2.45, 2.75) is 56.7 Å². The Bertz CT molecular complexity index is 278. The third-order valence-corrected chi connectivity index (χ3v) is 3.70. The van der Waals surface area contributed by atoms with Crippen LogP contribution in [0.2, 0.25) is 0 Å². The fourth-order valence-electron chi connectivity index (χ4n) is 3.16. The molecule has 3 heterocycles. The zero-order chi connectivity index (χ0) is 10.3. The number of nitrogens with one attached hydrogen (secondary N) is 1. The summed E-state index contributed by atoms with van der Waals surface area (Å²) in [5.74, 6) is 0.791. The Kier molecular flexibility index (Phi) is 2.12. The van der Waals surface area contributed by atoms with Gasteiger partial charge in [-0.1, -0.05) is 5.16 Å². The van der Waals surface area contributed by atoms with E-state index in [1.807, 2.05) is 6.92 Å². The fraction of sp³-hybridized carbons (Fsp3) is 0.909. The Hall–Kier alpha value is -0.770. The summed E-state index contributed by atoms with van der Waals surface area (Å²) in [7, 11) is 0. The zero-order valence-corrected chi connectivity index (χ0v) is 9.16. The summed E-state index contributed by atoms with van der Waals surface area (Å²) in [5, 5.41) is 7.68. The van der Waals surface area contributed by atoms with Crippen molar-refractivity contribution in [3.63, 3.8) is 0 Å². The number of fused-ring (bicyclic) bond motifs is 2. The molecule has 3 aliphatic rings. The Balaban J connectivity index is 1.68. The fourth-order valence-corrected chi connectivity index (χ4v) is 3.16. The van der Waals surface area contributed by atoms with Crippen LogP contribution in [-0.2, 0) is 9.57 Å². The summed E-state index contributed by atoms with van der Waals surface area (Å²) < 4.78 is 5.43. The lowest BCUT2D eigenvalue weighted by Gasteiger charge is -2.35. The second kappa shape index (κ2) is 3.37. The van der Waals surface area contributed by atoms with Gasteiger partial charge in [0.25, 0.3) is 0 Å². The molecule has 0 aromatic heterocycles. The van der Waals surface area contributed by atoms with E-state index in [1.54, 1.807) is 0 Å². The van der Waals surface area contributed by atoms with Crippen LogP contribution in [-0.4, -0.2) is 30.2 Å². The predicted octanol–water partition coefficient (Wildman–Crippen LogP) is 1.41. The van der Waals surface area contributed by atoms with Gasteiger partial charge in [-0.2, -0.15) is 0 Å². The van der Waals surface area contributed by atoms with Gasteiger partial charge in [0.15, 0.2) is 0 Å². The standard InChI is InChI=1S/C11H18N2O2/c1-2-14-10-7-11(15-13-10)5-8-3-4-9(6-11)12-8/h8-9,12H,2-7H2,1H3/t8-,9+,11?. The summed E-state index contributed by atoms with van der Waals surface area (Å²) in [6.45, 7) is 2.67. The summed E-state index contributed by atoms with van der Waals surface area (Å²) in [6, 6.07) is 1.28. The molecule has 2 bridgehead atoms. The molecule has 2 saturated heterocycles. The van der Waals surface area contributed by atoms with E-state index in [0.717, 1.165) is 25.2 Å². The zero-order valence-electron chi connectivity index (χ0n) is 9.16. The van der Waals surface area contributed by atoms with Crippen LogP contribution in [0.3, 0.4) is 0 Å². The molecule has 0 amide bonds. The average Bonchev–Trinajstić information content (AvgIpc) is 2.73. The molecule has 0 aliphatic carbocycles. The average molecular weight is 210 g/mol. The van der Waals surface area contributed by atoms with Crippen molar-refractivity contribution in [2.75, 3.05) is 6.61 Å². The molecule has 4 nitrogen and oxygen atoms in total. The van der Waals surface area contributed by atoms with Crippen molar-refractivity contribution in [3.8, 4) is 0 Å². The molecule has 1 spiro atoms. The van der Waals surface area contributed by atoms with Crippen LogP contribution in [0.25, 0.3) is 0 Å². The van der Waals surface area contributed by atoms with E-state index in [0.29, 0.717) is 18.7 Å². The summed E-state index contributed by atoms with van der Waals surface area (Å²) in [4.78, 5) is 5.65. The summed E-state index contributed by atoms with van der Waals surface area (Å²) in [5.41, 5.74) is -0.0401. The van der Waals surface area contributed by atoms with E-state index in [1.165, 1.54) is 12.8 Å². The van der Waals surface area contributed by atoms with Crippen LogP contribution in [0, 0.1) is 0 Å². The number of nitrogens with zero attached hydrogens (tertiary/aromatic N) is 1. The summed E-state index contributed by atoms with van der Waals surface area (Å²) >= 11 is 0. The molecule has 1 N–H and O–H groups in total. The van der Waals surface area contributed by atoms with E-state index >= 15 is 0 Å². The quantitative estimate of drug-likeness (QED) is 0.711. The molecule has 15 heavy (non-hydrogen) atoms. The smallest absolute Gasteiger partial charge is 0.229 e. The van der Waals surface area contributed by atoms with Crippen molar-refractivity contribution in [1.29, 1.82) is 0 Å². The van der Waals surface area contributed by atoms with Crippen molar-refractivity contribution in [1.82, 2.24) is 5.32 Å². The van der Waals surface area contributed by atoms with Gasteiger partial charge in [-0.15, -0.1) is 0 Å². The van der Waals surface area contributed by atoms with Crippen LogP contribution >= 0.6 is 0 Å². The van der Waals surface area contributed by atoms with E-state index in [2.05, 4.69) is 10.5 Å². The Morgan fingerprint density at radius 3 is 2.87 bits per heavy atom. The van der Waals surface area contributed by atoms with Gasteiger partial charge in [0.05, 0.1) is 13.0 Å². The molecular weight excluding hydrogens is 192 g/mol. The highest BCUT2D eigenvalue weighted by Gasteiger charge is 2.49. The summed E-state index contributed by atoms with van der Waals surface area (Å²) in [6.07, 6.45) is 5.63. The lowest BCUT2D eigenvalue weighted by atomic mass is 9.85. The van der Waals surface area contributed by atoms with Gasteiger partial charge in [0.2, 0.25) is 5.90 Å². The first-order valence-electron chi connectivity index (χ1n) is 5.93. The van der Waals surface area contributed by atoms with Crippen LogP contribution in [0.4, 0.5) is 0 Å². The molecule has 3 aliphatic heterocycles. The molecule has 3 atom stereocenters. The minimum atomic E-state index is -0.0401. The molecule has 3 rings (SSSR count). The Labute approximate surface area is 90.0 Å². The van der Waals surface area contributed by atoms with Crippen LogP contribution in [0.5, 0.6) is 0 Å². The maximum atomic E-state index is 5.65. The van der Waals surface area contributed by atoms with Gasteiger partial charge in [0, 0.05) is 24.9 Å². The van der Waals surface area contributed by atoms with Crippen LogP contribution in [0.15, 0.2) is 5.16 Å². The number of hydrogen-bond acceptors (Lipinski definition) is 4. The maximum Gasteiger partial charge on any atom is 0.229 e. The van der Waals surface area contributed by atoms with Gasteiger partial charge >= 0.3 is 0 Å². The van der Waals surface area contributed by atoms with E-state index in [-0.39, 0.29) is 5.60 Å². The van der Waals surface area contributed by atoms with Crippen molar-refractivity contribution >= 4 is 5.90 Å². The number of piperidine rings is 1. The van der Waals surface area contributed by atoms with Gasteiger partial charge in [-0.3, -0.25) is 0 Å². The number of hydrogen-bond donors (Lipinski definition) is 1. The molecule has 0 aromatic rings. The van der Waals surface area contributed by atoms with Gasteiger partial charge in [-0.05, 0) is 19.8 Å². The second-order valence-electron chi connectivity index (χ2n) is 4.92. The lowest BCUT2D eigenvalue weighted by Crippen LogP contribution is -2.48. The SMILES string of the molecule is CCOC1=NOC2(C1)C[C@H]1CC[C@@H](C2)N1. The lowest BCUT2D eigenvalue weighted by molar-refractivity contribution is -0.0524. The van der Waals surface area contributed by atoms with Gasteiger partial charge < -0.3 is 14.9 Å². The van der Waals surface area contributed by atoms with Crippen molar-refractivity contribution < 1.29 is 9.57 Å². The van der Waals surface area contributed by atoms with E-state index in [9.17, 15) is 0 Å². The molecule has 2 fully saturated rings. The van der Waals surface area contributed by atoms with E-state index in [4.69, 9.17) is 9.57 Å². The first-order chi connectivity index (χ1) is 7.30. The predicted molar refractivity (Wildman–Crippen MR) is 56.7 cm³/mol. The van der Waals surface area contributed by atoms with E-state index < -0.39 is 0 Å². The van der Waals surface area contributed by atoms with Crippen molar-refractivity contribution in [2.24, 2.45) is 5.16 Å². The monoisotopic (exact) mass is 210 g/mol. The minimum Gasteiger partial charge on any atom is -0.479 e. The number of oxime groups is 1. The molecule has 0 aromatic carbocycles. The van der Waals surface area contributed by atoms with Crippen LogP contribution < -0.4 is 5.32 Å².